The molecule has 0 saturated heterocycles. The molecule has 108 valence electrons. The van der Waals surface area contributed by atoms with Crippen molar-refractivity contribution in [1.82, 2.24) is 4.98 Å². The molecule has 0 aliphatic rings. The van der Waals surface area contributed by atoms with Gasteiger partial charge in [-0.1, -0.05) is 12.1 Å². The first-order chi connectivity index (χ1) is 9.09. The zero-order chi connectivity index (χ0) is 15.1. The van der Waals surface area contributed by atoms with Crippen LogP contribution in [-0.2, 0) is 15.2 Å². The van der Waals surface area contributed by atoms with Crippen LogP contribution in [0.5, 0.6) is 0 Å². The van der Waals surface area contributed by atoms with Gasteiger partial charge < -0.3 is 0 Å². The maximum atomic E-state index is 12.4. The number of rotatable bonds is 2. The second kappa shape index (κ2) is 5.01. The lowest BCUT2D eigenvalue weighted by Gasteiger charge is -2.06. The molecule has 0 saturated carbocycles. The summed E-state index contributed by atoms with van der Waals surface area (Å²) in [5.41, 5.74) is -0.155. The number of aryl methyl sites for hydroxylation is 1. The Hall–Kier alpha value is -1.12. The highest BCUT2D eigenvalue weighted by Gasteiger charge is 2.30. The molecule has 0 atom stereocenters. The van der Waals surface area contributed by atoms with E-state index in [-0.39, 0.29) is 9.90 Å². The molecule has 1 heterocycles. The number of thiazole rings is 1. The highest BCUT2D eigenvalue weighted by atomic mass is 35.7. The molecule has 0 fully saturated rings. The van der Waals surface area contributed by atoms with Crippen LogP contribution in [0.3, 0.4) is 0 Å². The van der Waals surface area contributed by atoms with Crippen molar-refractivity contribution in [1.29, 1.82) is 0 Å². The normalized spacial score (nSPS) is 12.7. The van der Waals surface area contributed by atoms with Gasteiger partial charge in [-0.3, -0.25) is 0 Å². The summed E-state index contributed by atoms with van der Waals surface area (Å²) < 4.78 is 59.7. The molecule has 3 nitrogen and oxygen atoms in total. The van der Waals surface area contributed by atoms with Gasteiger partial charge in [0.1, 0.15) is 5.01 Å². The maximum Gasteiger partial charge on any atom is 0.416 e. The summed E-state index contributed by atoms with van der Waals surface area (Å²) in [6, 6.07) is 4.32. The molecule has 1 aromatic carbocycles. The lowest BCUT2D eigenvalue weighted by atomic mass is 10.1. The van der Waals surface area contributed by atoms with E-state index in [9.17, 15) is 21.6 Å². The Balaban J connectivity index is 2.43. The Kier molecular flexibility index (Phi) is 3.83. The van der Waals surface area contributed by atoms with E-state index in [0.29, 0.717) is 10.6 Å². The molecule has 1 aromatic heterocycles. The molecule has 0 unspecified atom stereocenters. The van der Waals surface area contributed by atoms with Crippen LogP contribution in [0.1, 0.15) is 11.3 Å². The highest BCUT2D eigenvalue weighted by Crippen LogP contribution is 2.35. The third kappa shape index (κ3) is 3.13. The lowest BCUT2D eigenvalue weighted by Crippen LogP contribution is -2.03. The fraction of sp³-hybridized carbons (Fsp3) is 0.182. The first-order valence-electron chi connectivity index (χ1n) is 5.19. The summed E-state index contributed by atoms with van der Waals surface area (Å²) in [7, 11) is 1.34. The van der Waals surface area contributed by atoms with E-state index in [1.165, 1.54) is 19.1 Å². The molecular weight excluding hydrogens is 335 g/mol. The zero-order valence-corrected chi connectivity index (χ0v) is 12.3. The highest BCUT2D eigenvalue weighted by molar-refractivity contribution is 8.15. The van der Waals surface area contributed by atoms with Crippen molar-refractivity contribution in [2.45, 2.75) is 17.3 Å². The Morgan fingerprint density at radius 1 is 1.20 bits per heavy atom. The first-order valence-corrected chi connectivity index (χ1v) is 8.31. The number of hydrogen-bond donors (Lipinski definition) is 0. The van der Waals surface area contributed by atoms with Crippen molar-refractivity contribution in [2.75, 3.05) is 0 Å². The molecule has 0 aliphatic heterocycles. The number of alkyl halides is 3. The second-order valence-electron chi connectivity index (χ2n) is 3.90. The van der Waals surface area contributed by atoms with Gasteiger partial charge in [0.25, 0.3) is 9.05 Å². The molecule has 0 spiro atoms. The predicted molar refractivity (Wildman–Crippen MR) is 70.3 cm³/mol. The van der Waals surface area contributed by atoms with E-state index in [1.807, 2.05) is 0 Å². The van der Waals surface area contributed by atoms with Gasteiger partial charge in [0.15, 0.2) is 4.21 Å². The van der Waals surface area contributed by atoms with Crippen molar-refractivity contribution in [2.24, 2.45) is 0 Å². The molecule has 0 N–H and O–H groups in total. The van der Waals surface area contributed by atoms with Gasteiger partial charge in [-0.2, -0.15) is 13.2 Å². The number of nitrogens with zero attached hydrogens (tertiary/aromatic N) is 1. The molecule has 0 radical (unpaired) electrons. The number of benzene rings is 1. The van der Waals surface area contributed by atoms with Crippen LogP contribution >= 0.6 is 22.0 Å². The molecule has 2 rings (SSSR count). The van der Waals surface area contributed by atoms with E-state index in [1.54, 1.807) is 0 Å². The molecule has 9 heteroatoms. The first kappa shape index (κ1) is 15.3. The van der Waals surface area contributed by atoms with E-state index < -0.39 is 20.8 Å². The Morgan fingerprint density at radius 2 is 1.75 bits per heavy atom. The summed E-state index contributed by atoms with van der Waals surface area (Å²) in [6.07, 6.45) is -4.41. The van der Waals surface area contributed by atoms with Crippen LogP contribution < -0.4 is 0 Å². The van der Waals surface area contributed by atoms with Gasteiger partial charge in [0, 0.05) is 16.2 Å². The summed E-state index contributed by atoms with van der Waals surface area (Å²) in [6.45, 7) is 1.47. The lowest BCUT2D eigenvalue weighted by molar-refractivity contribution is -0.137. The van der Waals surface area contributed by atoms with E-state index >= 15 is 0 Å². The minimum Gasteiger partial charge on any atom is -0.240 e. The standard InChI is InChI=1S/C11H7ClF3NO2S2/c1-6-10(20(12,17)18)19-9(16-6)7-2-4-8(5-3-7)11(13,14)15/h2-5H,1H3. The summed E-state index contributed by atoms with van der Waals surface area (Å²) in [5, 5.41) is 0.301. The van der Waals surface area contributed by atoms with Crippen LogP contribution in [0.2, 0.25) is 0 Å². The Labute approximate surface area is 121 Å². The molecular formula is C11H7ClF3NO2S2. The van der Waals surface area contributed by atoms with E-state index in [2.05, 4.69) is 4.98 Å². The van der Waals surface area contributed by atoms with Gasteiger partial charge in [-0.05, 0) is 19.1 Å². The van der Waals surface area contributed by atoms with Crippen molar-refractivity contribution in [3.8, 4) is 10.6 Å². The smallest absolute Gasteiger partial charge is 0.240 e. The summed E-state index contributed by atoms with van der Waals surface area (Å²) in [4.78, 5) is 4.01. The topological polar surface area (TPSA) is 47.0 Å². The van der Waals surface area contributed by atoms with Crippen LogP contribution in [-0.4, -0.2) is 13.4 Å². The van der Waals surface area contributed by atoms with Crippen molar-refractivity contribution < 1.29 is 21.6 Å². The molecule has 0 bridgehead atoms. The fourth-order valence-electron chi connectivity index (χ4n) is 1.53. The third-order valence-corrected chi connectivity index (χ3v) is 5.82. The van der Waals surface area contributed by atoms with Crippen LogP contribution in [0.25, 0.3) is 10.6 Å². The van der Waals surface area contributed by atoms with Crippen molar-refractivity contribution >= 4 is 31.1 Å². The maximum absolute atomic E-state index is 12.4. The van der Waals surface area contributed by atoms with E-state index in [4.69, 9.17) is 10.7 Å². The quantitative estimate of drug-likeness (QED) is 0.774. The van der Waals surface area contributed by atoms with Gasteiger partial charge in [-0.15, -0.1) is 11.3 Å². The third-order valence-electron chi connectivity index (χ3n) is 2.43. The fourth-order valence-corrected chi connectivity index (χ4v) is 3.99. The van der Waals surface area contributed by atoms with Crippen molar-refractivity contribution in [3.63, 3.8) is 0 Å². The largest absolute Gasteiger partial charge is 0.416 e. The summed E-state index contributed by atoms with van der Waals surface area (Å²) in [5.74, 6) is 0. The van der Waals surface area contributed by atoms with Gasteiger partial charge in [0.05, 0.1) is 11.3 Å². The average molecular weight is 342 g/mol. The van der Waals surface area contributed by atoms with Gasteiger partial charge in [0.2, 0.25) is 0 Å². The molecule has 0 amide bonds. The zero-order valence-electron chi connectivity index (χ0n) is 9.90. The summed E-state index contributed by atoms with van der Waals surface area (Å²) >= 11 is 0.821. The Morgan fingerprint density at radius 3 is 2.15 bits per heavy atom. The van der Waals surface area contributed by atoms with E-state index in [0.717, 1.165) is 23.5 Å². The number of halogens is 4. The molecule has 0 aliphatic carbocycles. The SMILES string of the molecule is Cc1nc(-c2ccc(C(F)(F)F)cc2)sc1S(=O)(=O)Cl. The number of hydrogen-bond acceptors (Lipinski definition) is 4. The minimum atomic E-state index is -4.41. The van der Waals surface area contributed by atoms with Crippen LogP contribution in [0, 0.1) is 6.92 Å². The predicted octanol–water partition coefficient (Wildman–Crippen LogP) is 4.06. The van der Waals surface area contributed by atoms with Crippen molar-refractivity contribution in [3.05, 3.63) is 35.5 Å². The average Bonchev–Trinajstić information content (AvgIpc) is 2.70. The molecule has 2 aromatic rings. The Bertz CT molecular complexity index is 736. The minimum absolute atomic E-state index is 0.103. The van der Waals surface area contributed by atoms with Gasteiger partial charge >= 0.3 is 6.18 Å². The second-order valence-corrected chi connectivity index (χ2v) is 7.67. The van der Waals surface area contributed by atoms with Gasteiger partial charge in [-0.25, -0.2) is 13.4 Å². The number of aromatic nitrogens is 1. The monoisotopic (exact) mass is 341 g/mol. The van der Waals surface area contributed by atoms with Crippen LogP contribution in [0.4, 0.5) is 13.2 Å². The molecule has 20 heavy (non-hydrogen) atoms. The van der Waals surface area contributed by atoms with Crippen LogP contribution in [0.15, 0.2) is 28.5 Å².